The summed E-state index contributed by atoms with van der Waals surface area (Å²) >= 11 is 3.49. The average molecular weight is 511 g/mol. The van der Waals surface area contributed by atoms with Gasteiger partial charge in [-0.2, -0.15) is 0 Å². The molecule has 0 radical (unpaired) electrons. The molecule has 3 saturated heterocycles. The van der Waals surface area contributed by atoms with Crippen molar-refractivity contribution in [3.63, 3.8) is 0 Å². The molecule has 4 unspecified atom stereocenters. The summed E-state index contributed by atoms with van der Waals surface area (Å²) in [7, 11) is 0. The molecular weight excluding hydrogens is 492 g/mol. The van der Waals surface area contributed by atoms with Gasteiger partial charge in [0.15, 0.2) is 0 Å². The van der Waals surface area contributed by atoms with Crippen LogP contribution in [-0.4, -0.2) is 40.1 Å². The van der Waals surface area contributed by atoms with E-state index in [2.05, 4.69) is 26.1 Å². The Hall–Kier alpha value is -3.11. The van der Waals surface area contributed by atoms with Crippen LogP contribution >= 0.6 is 15.9 Å². The van der Waals surface area contributed by atoms with E-state index in [9.17, 15) is 24.5 Å². The van der Waals surface area contributed by atoms with Gasteiger partial charge in [0.25, 0.3) is 5.69 Å². The number of carbonyl (C=O) groups is 3. The van der Waals surface area contributed by atoms with E-state index >= 15 is 0 Å². The van der Waals surface area contributed by atoms with Gasteiger partial charge in [-0.3, -0.25) is 29.4 Å². The van der Waals surface area contributed by atoms with E-state index in [0.29, 0.717) is 29.0 Å². The average Bonchev–Trinajstić information content (AvgIpc) is 3.47. The number of nitrogens with zero attached hydrogens (tertiary/aromatic N) is 3. The second kappa shape index (κ2) is 6.71. The first-order valence-electron chi connectivity index (χ1n) is 10.8. The number of benzene rings is 2. The number of hydrogen-bond donors (Lipinski definition) is 1. The van der Waals surface area contributed by atoms with Crippen LogP contribution in [0.2, 0.25) is 0 Å². The predicted molar refractivity (Wildman–Crippen MR) is 121 cm³/mol. The van der Waals surface area contributed by atoms with Gasteiger partial charge in [0, 0.05) is 33.9 Å². The summed E-state index contributed by atoms with van der Waals surface area (Å²) in [5.41, 5.74) is 0.799. The Morgan fingerprint density at radius 1 is 1.15 bits per heavy atom. The Labute approximate surface area is 197 Å². The minimum Gasteiger partial charge on any atom is -0.324 e. The third-order valence-corrected chi connectivity index (χ3v) is 8.08. The van der Waals surface area contributed by atoms with E-state index in [1.54, 1.807) is 6.92 Å². The number of anilines is 2. The van der Waals surface area contributed by atoms with Crippen molar-refractivity contribution in [2.75, 3.05) is 16.8 Å². The largest absolute Gasteiger partial charge is 0.324 e. The lowest BCUT2D eigenvalue weighted by Crippen LogP contribution is -2.54. The maximum Gasteiger partial charge on any atom is 0.269 e. The van der Waals surface area contributed by atoms with Crippen molar-refractivity contribution in [1.82, 2.24) is 4.90 Å². The molecule has 33 heavy (non-hydrogen) atoms. The topological polar surface area (TPSA) is 113 Å². The van der Waals surface area contributed by atoms with Gasteiger partial charge in [0.1, 0.15) is 5.54 Å². The summed E-state index contributed by atoms with van der Waals surface area (Å²) in [5, 5.41) is 14.1. The Morgan fingerprint density at radius 2 is 1.94 bits per heavy atom. The number of nitro benzene ring substituents is 1. The zero-order valence-electron chi connectivity index (χ0n) is 17.6. The van der Waals surface area contributed by atoms with Gasteiger partial charge < -0.3 is 5.32 Å². The highest BCUT2D eigenvalue weighted by Gasteiger charge is 2.74. The third-order valence-electron chi connectivity index (χ3n) is 7.59. The summed E-state index contributed by atoms with van der Waals surface area (Å²) < 4.78 is 0.788. The van der Waals surface area contributed by atoms with Crippen LogP contribution in [0.5, 0.6) is 0 Å². The first kappa shape index (κ1) is 20.5. The Bertz CT molecular complexity index is 1300. The maximum atomic E-state index is 14.0. The second-order valence-corrected chi connectivity index (χ2v) is 9.97. The zero-order chi connectivity index (χ0) is 23.2. The van der Waals surface area contributed by atoms with Crippen molar-refractivity contribution in [3.8, 4) is 0 Å². The van der Waals surface area contributed by atoms with Crippen LogP contribution in [0.4, 0.5) is 17.1 Å². The quantitative estimate of drug-likeness (QED) is 0.377. The highest BCUT2D eigenvalue weighted by Crippen LogP contribution is 2.61. The molecule has 0 aliphatic carbocycles. The van der Waals surface area contributed by atoms with E-state index in [0.717, 1.165) is 22.2 Å². The highest BCUT2D eigenvalue weighted by atomic mass is 79.9. The summed E-state index contributed by atoms with van der Waals surface area (Å²) in [5.74, 6) is -2.56. The van der Waals surface area contributed by atoms with Crippen molar-refractivity contribution in [3.05, 3.63) is 62.1 Å². The molecule has 6 rings (SSSR count). The summed E-state index contributed by atoms with van der Waals surface area (Å²) in [6.07, 6.45) is 1.57. The summed E-state index contributed by atoms with van der Waals surface area (Å²) in [6.45, 7) is 2.28. The number of non-ortho nitro benzene ring substituents is 1. The van der Waals surface area contributed by atoms with Gasteiger partial charge in [-0.25, -0.2) is 4.90 Å². The van der Waals surface area contributed by atoms with Gasteiger partial charge >= 0.3 is 0 Å². The fourth-order valence-corrected chi connectivity index (χ4v) is 6.78. The highest BCUT2D eigenvalue weighted by molar-refractivity contribution is 9.10. The first-order chi connectivity index (χ1) is 15.8. The van der Waals surface area contributed by atoms with Gasteiger partial charge in [-0.1, -0.05) is 15.9 Å². The van der Waals surface area contributed by atoms with E-state index < -0.39 is 28.2 Å². The van der Waals surface area contributed by atoms with Crippen molar-refractivity contribution in [2.45, 2.75) is 31.3 Å². The molecule has 4 aliphatic rings. The number of nitro groups is 1. The van der Waals surface area contributed by atoms with Crippen LogP contribution in [0.1, 0.15) is 24.0 Å². The number of rotatable bonds is 2. The zero-order valence-corrected chi connectivity index (χ0v) is 19.2. The van der Waals surface area contributed by atoms with Crippen LogP contribution in [0.3, 0.4) is 0 Å². The maximum absolute atomic E-state index is 14.0. The second-order valence-electron chi connectivity index (χ2n) is 9.06. The number of imide groups is 1. The van der Waals surface area contributed by atoms with Crippen LogP contribution in [-0.2, 0) is 19.9 Å². The van der Waals surface area contributed by atoms with Crippen LogP contribution in [0, 0.1) is 28.9 Å². The molecule has 0 bridgehead atoms. The molecule has 0 saturated carbocycles. The molecule has 1 N–H and O–H groups in total. The molecule has 3 amide bonds. The first-order valence-corrected chi connectivity index (χ1v) is 11.6. The van der Waals surface area contributed by atoms with Crippen LogP contribution < -0.4 is 10.2 Å². The third kappa shape index (κ3) is 2.42. The molecule has 10 heteroatoms. The van der Waals surface area contributed by atoms with Crippen molar-refractivity contribution >= 4 is 50.7 Å². The number of aryl methyl sites for hydroxylation is 1. The molecule has 4 aliphatic heterocycles. The summed E-state index contributed by atoms with van der Waals surface area (Å²) in [4.78, 5) is 55.2. The molecule has 2 aromatic carbocycles. The van der Waals surface area contributed by atoms with Crippen molar-refractivity contribution in [1.29, 1.82) is 0 Å². The molecule has 168 valence electrons. The monoisotopic (exact) mass is 510 g/mol. The smallest absolute Gasteiger partial charge is 0.269 e. The Morgan fingerprint density at radius 3 is 2.67 bits per heavy atom. The fourth-order valence-electron chi connectivity index (χ4n) is 6.42. The number of amides is 3. The number of fused-ring (bicyclic) bond motifs is 7. The lowest BCUT2D eigenvalue weighted by atomic mass is 9.75. The standard InChI is InChI=1S/C23H19BrN4O5/c1-11-9-13(28(32)33)5-7-16(11)27-20(29)18-17-3-2-8-26(17)23(19(18)21(27)30)14-10-12(24)4-6-15(14)25-22(23)31/h4-7,9-10,17-19H,2-3,8H2,1H3,(H,25,31). The molecule has 3 fully saturated rings. The Balaban J connectivity index is 1.53. The van der Waals surface area contributed by atoms with Crippen molar-refractivity contribution < 1.29 is 19.3 Å². The number of hydrogen-bond acceptors (Lipinski definition) is 6. The number of carbonyl (C=O) groups excluding carboxylic acids is 3. The summed E-state index contributed by atoms with van der Waals surface area (Å²) in [6, 6.07) is 9.39. The minimum absolute atomic E-state index is 0.108. The van der Waals surface area contributed by atoms with Crippen molar-refractivity contribution in [2.24, 2.45) is 11.8 Å². The number of nitrogens with one attached hydrogen (secondary N) is 1. The van der Waals surface area contributed by atoms with Gasteiger partial charge in [0.05, 0.1) is 22.4 Å². The fraction of sp³-hybridized carbons (Fsp3) is 0.348. The van der Waals surface area contributed by atoms with E-state index in [1.165, 1.54) is 18.2 Å². The molecule has 1 spiro atoms. The van der Waals surface area contributed by atoms with Gasteiger partial charge in [-0.15, -0.1) is 0 Å². The molecule has 4 atom stereocenters. The lowest BCUT2D eigenvalue weighted by Gasteiger charge is -2.36. The molecule has 2 aromatic rings. The molecule has 0 aromatic heterocycles. The Kier molecular flexibility index (Phi) is 4.16. The normalized spacial score (nSPS) is 30.1. The predicted octanol–water partition coefficient (Wildman–Crippen LogP) is 3.10. The van der Waals surface area contributed by atoms with Crippen LogP contribution in [0.25, 0.3) is 0 Å². The molecular formula is C23H19BrN4O5. The van der Waals surface area contributed by atoms with E-state index in [1.807, 2.05) is 18.2 Å². The van der Waals surface area contributed by atoms with Gasteiger partial charge in [-0.05, 0) is 56.1 Å². The molecule has 4 heterocycles. The number of halogens is 1. The van der Waals surface area contributed by atoms with E-state index in [4.69, 9.17) is 0 Å². The molecule has 9 nitrogen and oxygen atoms in total. The van der Waals surface area contributed by atoms with Gasteiger partial charge in [0.2, 0.25) is 17.7 Å². The SMILES string of the molecule is Cc1cc([N+](=O)[O-])ccc1N1C(=O)C2C3CCCN3C3(C(=O)Nc4ccc(Br)cc43)C2C1=O. The van der Waals surface area contributed by atoms with Crippen LogP contribution in [0.15, 0.2) is 40.9 Å². The lowest BCUT2D eigenvalue weighted by molar-refractivity contribution is -0.384. The minimum atomic E-state index is -1.25. The van der Waals surface area contributed by atoms with E-state index in [-0.39, 0.29) is 23.5 Å².